The number of nitrogens with two attached hydrogens (primary N) is 2. The lowest BCUT2D eigenvalue weighted by Gasteiger charge is -2.27. The Balaban J connectivity index is 1.50. The number of benzene rings is 3. The Morgan fingerprint density at radius 1 is 0.868 bits per heavy atom. The minimum absolute atomic E-state index is 0.119. The molecular weight excluding hydrogens is 472 g/mol. The van der Waals surface area contributed by atoms with E-state index in [1.165, 1.54) is 24.8 Å². The molecule has 0 atom stereocenters. The summed E-state index contributed by atoms with van der Waals surface area (Å²) in [6, 6.07) is 26.4. The van der Waals surface area contributed by atoms with Crippen LogP contribution in [-0.2, 0) is 13.0 Å². The number of aliphatic imine (C=N–C) groups is 1. The van der Waals surface area contributed by atoms with Crippen LogP contribution < -0.4 is 16.4 Å². The quantitative estimate of drug-likeness (QED) is 0.223. The molecule has 0 saturated heterocycles. The molecule has 4 N–H and O–H groups in total. The number of hydrazone groups is 1. The van der Waals surface area contributed by atoms with Crippen LogP contribution in [0.1, 0.15) is 55.2 Å². The predicted molar refractivity (Wildman–Crippen MR) is 155 cm³/mol. The Morgan fingerprint density at radius 3 is 2.32 bits per heavy atom. The zero-order chi connectivity index (χ0) is 26.3. The maximum Gasteiger partial charge on any atom is 0.349 e. The van der Waals surface area contributed by atoms with E-state index in [0.717, 1.165) is 53.9 Å². The summed E-state index contributed by atoms with van der Waals surface area (Å²) in [6.07, 6.45) is 7.59. The van der Waals surface area contributed by atoms with Gasteiger partial charge in [0.25, 0.3) is 0 Å². The number of guanidine groups is 1. The Labute approximate surface area is 224 Å². The first kappa shape index (κ1) is 25.5. The summed E-state index contributed by atoms with van der Waals surface area (Å²) >= 11 is 0. The van der Waals surface area contributed by atoms with Gasteiger partial charge in [0.15, 0.2) is 5.96 Å². The molecule has 1 fully saturated rings. The first-order valence-corrected chi connectivity index (χ1v) is 13.6. The van der Waals surface area contributed by atoms with Gasteiger partial charge in [0.05, 0.1) is 23.6 Å². The molecule has 0 bridgehead atoms. The van der Waals surface area contributed by atoms with Gasteiger partial charge < -0.3 is 11.5 Å². The molecule has 0 unspecified atom stereocenters. The number of nitrogens with zero attached hydrogens (tertiary/aromatic N) is 4. The molecule has 0 radical (unpaired) electrons. The normalized spacial score (nSPS) is 16.0. The zero-order valence-electron chi connectivity index (χ0n) is 21.8. The molecule has 2 aliphatic rings. The van der Waals surface area contributed by atoms with Crippen molar-refractivity contribution in [3.8, 4) is 0 Å². The maximum atomic E-state index is 14.2. The van der Waals surface area contributed by atoms with E-state index < -0.39 is 0 Å². The van der Waals surface area contributed by atoms with E-state index in [2.05, 4.69) is 23.2 Å². The molecule has 5 rings (SSSR count). The topological polar surface area (TPSA) is 100 Å². The Hall–Kier alpha value is -4.13. The van der Waals surface area contributed by atoms with Crippen LogP contribution >= 0.6 is 0 Å². The number of carbonyl (C=O) groups excluding carboxylic acids is 1. The average molecular weight is 509 g/mol. The average Bonchev–Trinajstić information content (AvgIpc) is 3.07. The van der Waals surface area contributed by atoms with E-state index in [0.29, 0.717) is 19.0 Å². The first-order chi connectivity index (χ1) is 18.6. The molecule has 2 amide bonds. The van der Waals surface area contributed by atoms with Crippen molar-refractivity contribution < 1.29 is 4.79 Å². The van der Waals surface area contributed by atoms with Gasteiger partial charge in [0.2, 0.25) is 0 Å². The molecule has 1 heterocycles. The third kappa shape index (κ3) is 5.88. The molecule has 1 saturated carbocycles. The molecule has 0 aromatic heterocycles. The molecule has 7 nitrogen and oxygen atoms in total. The van der Waals surface area contributed by atoms with E-state index in [4.69, 9.17) is 16.6 Å². The number of amides is 2. The van der Waals surface area contributed by atoms with Gasteiger partial charge in [0, 0.05) is 18.0 Å². The van der Waals surface area contributed by atoms with Gasteiger partial charge in [-0.05, 0) is 55.0 Å². The zero-order valence-corrected chi connectivity index (χ0v) is 21.8. The highest BCUT2D eigenvalue weighted by atomic mass is 16.2. The number of para-hydroxylation sites is 1. The van der Waals surface area contributed by atoms with Crippen LogP contribution in [0.15, 0.2) is 89.0 Å². The van der Waals surface area contributed by atoms with Crippen molar-refractivity contribution in [2.75, 3.05) is 11.4 Å². The third-order valence-corrected chi connectivity index (χ3v) is 7.34. The van der Waals surface area contributed by atoms with Crippen molar-refractivity contribution in [2.45, 2.75) is 51.5 Å². The summed E-state index contributed by atoms with van der Waals surface area (Å²) in [5, 5.41) is 6.76. The van der Waals surface area contributed by atoms with E-state index in [1.54, 1.807) is 5.01 Å². The lowest BCUT2D eigenvalue weighted by molar-refractivity contribution is 0.207. The predicted octanol–water partition coefficient (Wildman–Crippen LogP) is 5.95. The second kappa shape index (κ2) is 11.9. The molecule has 3 aromatic rings. The number of aryl methyl sites for hydroxylation is 1. The molecule has 1 aliphatic carbocycles. The number of anilines is 2. The van der Waals surface area contributed by atoms with Crippen LogP contribution in [0.4, 0.5) is 16.2 Å². The number of rotatable bonds is 8. The van der Waals surface area contributed by atoms with Crippen LogP contribution in [0.3, 0.4) is 0 Å². The van der Waals surface area contributed by atoms with Crippen molar-refractivity contribution in [2.24, 2.45) is 27.5 Å². The van der Waals surface area contributed by atoms with Gasteiger partial charge in [-0.25, -0.2) is 9.80 Å². The molecular formula is C31H36N6O. The Morgan fingerprint density at radius 2 is 1.58 bits per heavy atom. The molecule has 196 valence electrons. The minimum Gasteiger partial charge on any atom is -0.370 e. The lowest BCUT2D eigenvalue weighted by Crippen LogP contribution is -2.36. The monoisotopic (exact) mass is 508 g/mol. The van der Waals surface area contributed by atoms with Crippen LogP contribution in [0.5, 0.6) is 0 Å². The fourth-order valence-electron chi connectivity index (χ4n) is 5.42. The summed E-state index contributed by atoms with van der Waals surface area (Å²) in [5.41, 5.74) is 16.9. The number of urea groups is 1. The molecule has 1 aliphatic heterocycles. The molecule has 0 spiro atoms. The van der Waals surface area contributed by atoms with Gasteiger partial charge in [0.1, 0.15) is 0 Å². The van der Waals surface area contributed by atoms with Crippen molar-refractivity contribution in [1.82, 2.24) is 5.01 Å². The van der Waals surface area contributed by atoms with Crippen LogP contribution in [0.25, 0.3) is 0 Å². The summed E-state index contributed by atoms with van der Waals surface area (Å²) in [7, 11) is 0. The Kier molecular flexibility index (Phi) is 8.02. The van der Waals surface area contributed by atoms with Crippen molar-refractivity contribution in [3.63, 3.8) is 0 Å². The van der Waals surface area contributed by atoms with Gasteiger partial charge in [-0.2, -0.15) is 5.10 Å². The van der Waals surface area contributed by atoms with Crippen LogP contribution in [0, 0.1) is 5.92 Å². The van der Waals surface area contributed by atoms with Gasteiger partial charge >= 0.3 is 6.03 Å². The molecule has 38 heavy (non-hydrogen) atoms. The smallest absolute Gasteiger partial charge is 0.349 e. The van der Waals surface area contributed by atoms with E-state index in [-0.39, 0.29) is 12.0 Å². The maximum absolute atomic E-state index is 14.2. The highest BCUT2D eigenvalue weighted by Crippen LogP contribution is 2.37. The Bertz CT molecular complexity index is 1290. The lowest BCUT2D eigenvalue weighted by atomic mass is 9.83. The summed E-state index contributed by atoms with van der Waals surface area (Å²) < 4.78 is 0. The number of hydrogen-bond acceptors (Lipinski definition) is 3. The number of carbonyl (C=O) groups is 1. The highest BCUT2D eigenvalue weighted by Gasteiger charge is 2.33. The molecule has 3 aromatic carbocycles. The first-order valence-electron chi connectivity index (χ1n) is 13.6. The van der Waals surface area contributed by atoms with Crippen molar-refractivity contribution >= 4 is 29.1 Å². The largest absolute Gasteiger partial charge is 0.370 e. The van der Waals surface area contributed by atoms with Crippen molar-refractivity contribution in [3.05, 3.63) is 95.6 Å². The SMILES string of the molecule is NC(N)=NCCCc1ccc(N2C(=O)N(Cc3ccccc3)N=C(C3CCCCC3)c3ccccc32)cc1. The summed E-state index contributed by atoms with van der Waals surface area (Å²) in [6.45, 7) is 1.01. The van der Waals surface area contributed by atoms with Gasteiger partial charge in [-0.3, -0.25) is 9.89 Å². The van der Waals surface area contributed by atoms with Gasteiger partial charge in [-0.1, -0.05) is 79.9 Å². The van der Waals surface area contributed by atoms with Crippen LogP contribution in [-0.4, -0.2) is 29.3 Å². The number of hydrogen-bond donors (Lipinski definition) is 2. The number of fused-ring (bicyclic) bond motifs is 1. The highest BCUT2D eigenvalue weighted by molar-refractivity contribution is 6.13. The van der Waals surface area contributed by atoms with E-state index in [1.807, 2.05) is 65.6 Å². The second-order valence-corrected chi connectivity index (χ2v) is 10.1. The fourth-order valence-corrected chi connectivity index (χ4v) is 5.42. The van der Waals surface area contributed by atoms with Crippen molar-refractivity contribution in [1.29, 1.82) is 0 Å². The third-order valence-electron chi connectivity index (χ3n) is 7.34. The minimum atomic E-state index is -0.146. The summed E-state index contributed by atoms with van der Waals surface area (Å²) in [5.74, 6) is 0.470. The fraction of sp³-hybridized carbons (Fsp3) is 0.323. The summed E-state index contributed by atoms with van der Waals surface area (Å²) in [4.78, 5) is 20.1. The van der Waals surface area contributed by atoms with Crippen LogP contribution in [0.2, 0.25) is 0 Å². The van der Waals surface area contributed by atoms with Gasteiger partial charge in [-0.15, -0.1) is 0 Å². The standard InChI is InChI=1S/C31H36N6O/c32-30(33)34-21-9-12-23-17-19-26(20-18-23)37-28-16-8-7-15-27(28)29(25-13-5-2-6-14-25)35-36(31(37)38)22-24-10-3-1-4-11-24/h1,3-4,7-8,10-11,15-20,25H,2,5-6,9,12-14,21-22H2,(H4,32,33,34). The van der Waals surface area contributed by atoms with E-state index >= 15 is 0 Å². The molecule has 7 heteroatoms. The van der Waals surface area contributed by atoms with E-state index in [9.17, 15) is 4.79 Å². The second-order valence-electron chi connectivity index (χ2n) is 10.1.